The molecule has 0 aliphatic heterocycles. The van der Waals surface area contributed by atoms with E-state index in [-0.39, 0.29) is 16.7 Å². The molecule has 0 atom stereocenters. The summed E-state index contributed by atoms with van der Waals surface area (Å²) in [5.41, 5.74) is 1.07. The van der Waals surface area contributed by atoms with Gasteiger partial charge in [-0.25, -0.2) is 8.42 Å². The van der Waals surface area contributed by atoms with E-state index in [0.29, 0.717) is 16.4 Å². The standard InChI is InChI=1S/C16H15ClN2O3S/c17-12-3-9-15(10-4-12)23(21,22)19-14-7-5-13(6-8-14)18-16(20)11-1-2-11/h3-11,19H,1-2H2,(H,18,20). The minimum Gasteiger partial charge on any atom is -0.326 e. The van der Waals surface area contributed by atoms with Crippen LogP contribution in [0.3, 0.4) is 0 Å². The molecule has 5 nitrogen and oxygen atoms in total. The molecule has 2 aromatic rings. The van der Waals surface area contributed by atoms with Crippen molar-refractivity contribution >= 4 is 38.9 Å². The molecule has 3 rings (SSSR count). The molecule has 0 aromatic heterocycles. The van der Waals surface area contributed by atoms with Gasteiger partial charge in [0, 0.05) is 22.3 Å². The van der Waals surface area contributed by atoms with Crippen LogP contribution < -0.4 is 10.0 Å². The van der Waals surface area contributed by atoms with Crippen molar-refractivity contribution in [3.05, 3.63) is 53.6 Å². The van der Waals surface area contributed by atoms with Gasteiger partial charge in [-0.05, 0) is 61.4 Å². The number of anilines is 2. The zero-order valence-electron chi connectivity index (χ0n) is 12.1. The van der Waals surface area contributed by atoms with Crippen LogP contribution in [0, 0.1) is 5.92 Å². The summed E-state index contributed by atoms with van der Waals surface area (Å²) in [6.07, 6.45) is 1.87. The molecule has 1 amide bonds. The Labute approximate surface area is 139 Å². The molecule has 1 aliphatic rings. The summed E-state index contributed by atoms with van der Waals surface area (Å²) >= 11 is 5.76. The Bertz CT molecular complexity index is 813. The van der Waals surface area contributed by atoms with E-state index < -0.39 is 10.0 Å². The number of nitrogens with one attached hydrogen (secondary N) is 2. The summed E-state index contributed by atoms with van der Waals surface area (Å²) in [7, 11) is -3.67. The molecule has 0 spiro atoms. The molecule has 0 saturated heterocycles. The van der Waals surface area contributed by atoms with E-state index in [9.17, 15) is 13.2 Å². The Morgan fingerprint density at radius 2 is 1.52 bits per heavy atom. The maximum atomic E-state index is 12.2. The van der Waals surface area contributed by atoms with Crippen LogP contribution in [0.5, 0.6) is 0 Å². The first kappa shape index (κ1) is 15.8. The van der Waals surface area contributed by atoms with E-state index in [0.717, 1.165) is 12.8 Å². The van der Waals surface area contributed by atoms with Crippen molar-refractivity contribution in [2.45, 2.75) is 17.7 Å². The maximum absolute atomic E-state index is 12.2. The first-order valence-electron chi connectivity index (χ1n) is 7.13. The molecule has 0 bridgehead atoms. The fourth-order valence-corrected chi connectivity index (χ4v) is 3.22. The lowest BCUT2D eigenvalue weighted by Crippen LogP contribution is -2.14. The highest BCUT2D eigenvalue weighted by molar-refractivity contribution is 7.92. The maximum Gasteiger partial charge on any atom is 0.261 e. The smallest absolute Gasteiger partial charge is 0.261 e. The molecule has 1 fully saturated rings. The molecule has 1 saturated carbocycles. The Balaban J connectivity index is 1.69. The van der Waals surface area contributed by atoms with Crippen LogP contribution in [-0.4, -0.2) is 14.3 Å². The second kappa shape index (κ2) is 6.22. The summed E-state index contributed by atoms with van der Waals surface area (Å²) in [4.78, 5) is 11.8. The van der Waals surface area contributed by atoms with Gasteiger partial charge in [-0.15, -0.1) is 0 Å². The Morgan fingerprint density at radius 3 is 2.09 bits per heavy atom. The number of carbonyl (C=O) groups excluding carboxylic acids is 1. The number of rotatable bonds is 5. The summed E-state index contributed by atoms with van der Waals surface area (Å²) < 4.78 is 27.0. The zero-order valence-corrected chi connectivity index (χ0v) is 13.7. The SMILES string of the molecule is O=C(Nc1ccc(NS(=O)(=O)c2ccc(Cl)cc2)cc1)C1CC1. The molecule has 23 heavy (non-hydrogen) atoms. The summed E-state index contributed by atoms with van der Waals surface area (Å²) in [5, 5.41) is 3.27. The average molecular weight is 351 g/mol. The number of hydrogen-bond donors (Lipinski definition) is 2. The number of sulfonamides is 1. The van der Waals surface area contributed by atoms with E-state index in [4.69, 9.17) is 11.6 Å². The minimum absolute atomic E-state index is 0.0134. The lowest BCUT2D eigenvalue weighted by molar-refractivity contribution is -0.117. The van der Waals surface area contributed by atoms with Crippen LogP contribution in [-0.2, 0) is 14.8 Å². The Hall–Kier alpha value is -2.05. The van der Waals surface area contributed by atoms with Crippen LogP contribution in [0.1, 0.15) is 12.8 Å². The molecule has 120 valence electrons. The fraction of sp³-hybridized carbons (Fsp3) is 0.188. The second-order valence-corrected chi connectivity index (χ2v) is 7.52. The van der Waals surface area contributed by atoms with E-state index in [1.807, 2.05) is 0 Å². The third kappa shape index (κ3) is 4.03. The lowest BCUT2D eigenvalue weighted by atomic mass is 10.2. The fourth-order valence-electron chi connectivity index (χ4n) is 2.04. The van der Waals surface area contributed by atoms with Crippen molar-refractivity contribution in [3.8, 4) is 0 Å². The van der Waals surface area contributed by atoms with Crippen molar-refractivity contribution < 1.29 is 13.2 Å². The number of halogens is 1. The number of amides is 1. The van der Waals surface area contributed by atoms with Gasteiger partial charge in [0.05, 0.1) is 4.90 Å². The van der Waals surface area contributed by atoms with Gasteiger partial charge in [0.15, 0.2) is 0 Å². The van der Waals surface area contributed by atoms with Crippen molar-refractivity contribution in [2.24, 2.45) is 5.92 Å². The highest BCUT2D eigenvalue weighted by atomic mass is 35.5. The van der Waals surface area contributed by atoms with Gasteiger partial charge in [-0.1, -0.05) is 11.6 Å². The Morgan fingerprint density at radius 1 is 0.957 bits per heavy atom. The van der Waals surface area contributed by atoms with Gasteiger partial charge in [-0.2, -0.15) is 0 Å². The number of carbonyl (C=O) groups is 1. The van der Waals surface area contributed by atoms with Crippen LogP contribution in [0.2, 0.25) is 5.02 Å². The molecule has 7 heteroatoms. The first-order valence-corrected chi connectivity index (χ1v) is 8.99. The summed E-state index contributed by atoms with van der Waals surface area (Å²) in [5.74, 6) is 0.137. The predicted octanol–water partition coefficient (Wildman–Crippen LogP) is 3.49. The van der Waals surface area contributed by atoms with E-state index >= 15 is 0 Å². The summed E-state index contributed by atoms with van der Waals surface area (Å²) in [6.45, 7) is 0. The van der Waals surface area contributed by atoms with Crippen LogP contribution in [0.25, 0.3) is 0 Å². The number of hydrogen-bond acceptors (Lipinski definition) is 3. The van der Waals surface area contributed by atoms with Crippen molar-refractivity contribution in [1.29, 1.82) is 0 Å². The predicted molar refractivity (Wildman–Crippen MR) is 90.1 cm³/mol. The molecular weight excluding hydrogens is 336 g/mol. The lowest BCUT2D eigenvalue weighted by Gasteiger charge is -2.09. The third-order valence-electron chi connectivity index (χ3n) is 3.48. The van der Waals surface area contributed by atoms with Gasteiger partial charge in [0.1, 0.15) is 0 Å². The highest BCUT2D eigenvalue weighted by Gasteiger charge is 2.29. The monoisotopic (exact) mass is 350 g/mol. The van der Waals surface area contributed by atoms with Crippen LogP contribution in [0.4, 0.5) is 11.4 Å². The number of benzene rings is 2. The van der Waals surface area contributed by atoms with Gasteiger partial charge in [-0.3, -0.25) is 9.52 Å². The second-order valence-electron chi connectivity index (χ2n) is 5.40. The van der Waals surface area contributed by atoms with Crippen molar-refractivity contribution in [1.82, 2.24) is 0 Å². The molecule has 0 heterocycles. The van der Waals surface area contributed by atoms with Crippen molar-refractivity contribution in [3.63, 3.8) is 0 Å². The summed E-state index contributed by atoms with van der Waals surface area (Å²) in [6, 6.07) is 12.5. The molecular formula is C16H15ClN2O3S. The van der Waals surface area contributed by atoms with E-state index in [1.54, 1.807) is 24.3 Å². The van der Waals surface area contributed by atoms with E-state index in [1.165, 1.54) is 24.3 Å². The third-order valence-corrected chi connectivity index (χ3v) is 5.13. The molecule has 0 unspecified atom stereocenters. The normalized spacial score (nSPS) is 14.3. The van der Waals surface area contributed by atoms with Crippen LogP contribution >= 0.6 is 11.6 Å². The zero-order chi connectivity index (χ0) is 16.4. The molecule has 0 radical (unpaired) electrons. The van der Waals surface area contributed by atoms with Gasteiger partial charge in [0.25, 0.3) is 10.0 Å². The average Bonchev–Trinajstić information content (AvgIpc) is 3.34. The van der Waals surface area contributed by atoms with Gasteiger partial charge < -0.3 is 5.32 Å². The van der Waals surface area contributed by atoms with Gasteiger partial charge >= 0.3 is 0 Å². The quantitative estimate of drug-likeness (QED) is 0.866. The topological polar surface area (TPSA) is 75.3 Å². The molecule has 2 N–H and O–H groups in total. The van der Waals surface area contributed by atoms with Gasteiger partial charge in [0.2, 0.25) is 5.91 Å². The largest absolute Gasteiger partial charge is 0.326 e. The van der Waals surface area contributed by atoms with Crippen LogP contribution in [0.15, 0.2) is 53.4 Å². The highest BCUT2D eigenvalue weighted by Crippen LogP contribution is 2.30. The minimum atomic E-state index is -3.67. The van der Waals surface area contributed by atoms with Crippen molar-refractivity contribution in [2.75, 3.05) is 10.0 Å². The molecule has 1 aliphatic carbocycles. The van der Waals surface area contributed by atoms with E-state index in [2.05, 4.69) is 10.0 Å². The molecule has 2 aromatic carbocycles. The first-order chi connectivity index (χ1) is 10.9. The Kier molecular flexibility index (Phi) is 4.28.